The van der Waals surface area contributed by atoms with Crippen LogP contribution in [-0.2, 0) is 4.74 Å². The quantitative estimate of drug-likeness (QED) is 0.427. The standard InChI is InChI=1S/C17H26ClN3O3S/c1-17(2,3)24-16(22)21-8-5-12(6-9-21)7-10-23-14-11-13(18)19-15(20-14)25-4/h11-12H,5-10H2,1-4H3. The van der Waals surface area contributed by atoms with Crippen molar-refractivity contribution in [3.8, 4) is 5.88 Å². The zero-order valence-electron chi connectivity index (χ0n) is 15.2. The second kappa shape index (κ2) is 8.94. The van der Waals surface area contributed by atoms with Gasteiger partial charge in [0.05, 0.1) is 6.61 Å². The van der Waals surface area contributed by atoms with Crippen molar-refractivity contribution in [1.29, 1.82) is 0 Å². The number of thioether (sulfide) groups is 1. The molecule has 0 radical (unpaired) electrons. The minimum atomic E-state index is -0.448. The Labute approximate surface area is 158 Å². The molecular formula is C17H26ClN3O3S. The lowest BCUT2D eigenvalue weighted by Gasteiger charge is -2.33. The van der Waals surface area contributed by atoms with E-state index in [2.05, 4.69) is 9.97 Å². The van der Waals surface area contributed by atoms with Crippen LogP contribution in [0.3, 0.4) is 0 Å². The van der Waals surface area contributed by atoms with Crippen LogP contribution >= 0.6 is 23.4 Å². The van der Waals surface area contributed by atoms with E-state index in [0.29, 0.717) is 28.7 Å². The SMILES string of the molecule is CSc1nc(Cl)cc(OCCC2CCN(C(=O)OC(C)(C)C)CC2)n1. The van der Waals surface area contributed by atoms with Crippen LogP contribution in [0.15, 0.2) is 11.2 Å². The minimum Gasteiger partial charge on any atom is -0.478 e. The number of rotatable bonds is 5. The number of nitrogens with zero attached hydrogens (tertiary/aromatic N) is 3. The highest BCUT2D eigenvalue weighted by Gasteiger charge is 2.26. The van der Waals surface area contributed by atoms with Crippen molar-refractivity contribution in [2.45, 2.75) is 50.8 Å². The van der Waals surface area contributed by atoms with Crippen molar-refractivity contribution in [1.82, 2.24) is 14.9 Å². The Morgan fingerprint density at radius 1 is 1.36 bits per heavy atom. The summed E-state index contributed by atoms with van der Waals surface area (Å²) in [4.78, 5) is 22.2. The summed E-state index contributed by atoms with van der Waals surface area (Å²) in [5.74, 6) is 1.05. The van der Waals surface area contributed by atoms with Gasteiger partial charge in [0.25, 0.3) is 0 Å². The molecular weight excluding hydrogens is 362 g/mol. The van der Waals surface area contributed by atoms with E-state index in [0.717, 1.165) is 32.4 Å². The third-order valence-corrected chi connectivity index (χ3v) is 4.62. The average molecular weight is 388 g/mol. The van der Waals surface area contributed by atoms with Gasteiger partial charge in [-0.15, -0.1) is 0 Å². The van der Waals surface area contributed by atoms with Gasteiger partial charge in [-0.25, -0.2) is 9.78 Å². The van der Waals surface area contributed by atoms with Crippen molar-refractivity contribution in [3.05, 3.63) is 11.2 Å². The van der Waals surface area contributed by atoms with E-state index in [1.165, 1.54) is 11.8 Å². The molecule has 0 N–H and O–H groups in total. The molecule has 1 aromatic heterocycles. The molecule has 25 heavy (non-hydrogen) atoms. The first-order valence-corrected chi connectivity index (χ1v) is 10.1. The van der Waals surface area contributed by atoms with Crippen molar-refractivity contribution >= 4 is 29.5 Å². The van der Waals surface area contributed by atoms with Crippen molar-refractivity contribution in [2.75, 3.05) is 26.0 Å². The second-order valence-corrected chi connectivity index (χ2v) is 8.22. The predicted octanol–water partition coefficient (Wildman–Crippen LogP) is 4.27. The molecule has 0 aromatic carbocycles. The van der Waals surface area contributed by atoms with Gasteiger partial charge in [-0.1, -0.05) is 23.4 Å². The zero-order chi connectivity index (χ0) is 18.4. The number of carbonyl (C=O) groups excluding carboxylic acids is 1. The Balaban J connectivity index is 1.72. The number of halogens is 1. The smallest absolute Gasteiger partial charge is 0.410 e. The van der Waals surface area contributed by atoms with Gasteiger partial charge in [0.2, 0.25) is 5.88 Å². The molecule has 8 heteroatoms. The summed E-state index contributed by atoms with van der Waals surface area (Å²) < 4.78 is 11.1. The fourth-order valence-corrected chi connectivity index (χ4v) is 3.20. The average Bonchev–Trinajstić information content (AvgIpc) is 2.53. The first-order chi connectivity index (χ1) is 11.8. The van der Waals surface area contributed by atoms with E-state index in [1.54, 1.807) is 11.0 Å². The monoisotopic (exact) mass is 387 g/mol. The minimum absolute atomic E-state index is 0.220. The van der Waals surface area contributed by atoms with E-state index < -0.39 is 5.60 Å². The molecule has 1 amide bonds. The molecule has 0 atom stereocenters. The summed E-state index contributed by atoms with van der Waals surface area (Å²) in [7, 11) is 0. The van der Waals surface area contributed by atoms with E-state index in [-0.39, 0.29) is 6.09 Å². The molecule has 1 aliphatic rings. The lowest BCUT2D eigenvalue weighted by Crippen LogP contribution is -2.41. The van der Waals surface area contributed by atoms with Crippen LogP contribution in [0.5, 0.6) is 5.88 Å². The van der Waals surface area contributed by atoms with Crippen LogP contribution in [-0.4, -0.2) is 52.5 Å². The first-order valence-electron chi connectivity index (χ1n) is 8.46. The summed E-state index contributed by atoms with van der Waals surface area (Å²) in [6.07, 6.45) is 4.53. The molecule has 1 aromatic rings. The Morgan fingerprint density at radius 3 is 2.64 bits per heavy atom. The van der Waals surface area contributed by atoms with Crippen molar-refractivity contribution in [3.63, 3.8) is 0 Å². The van der Waals surface area contributed by atoms with E-state index in [9.17, 15) is 4.79 Å². The number of piperidine rings is 1. The van der Waals surface area contributed by atoms with Gasteiger partial charge < -0.3 is 14.4 Å². The number of hydrogen-bond acceptors (Lipinski definition) is 6. The Morgan fingerprint density at radius 2 is 2.04 bits per heavy atom. The number of aromatic nitrogens is 2. The first kappa shape index (κ1) is 20.1. The summed E-state index contributed by atoms with van der Waals surface area (Å²) in [5.41, 5.74) is -0.448. The molecule has 0 unspecified atom stereocenters. The molecule has 2 rings (SSSR count). The van der Waals surface area contributed by atoms with Crippen LogP contribution in [0.2, 0.25) is 5.15 Å². The Bertz CT molecular complexity index is 587. The molecule has 2 heterocycles. The normalized spacial score (nSPS) is 16.0. The number of hydrogen-bond donors (Lipinski definition) is 0. The molecule has 140 valence electrons. The highest BCUT2D eigenvalue weighted by Crippen LogP contribution is 2.23. The van der Waals surface area contributed by atoms with Crippen LogP contribution in [0.4, 0.5) is 4.79 Å². The van der Waals surface area contributed by atoms with Gasteiger partial charge in [-0.05, 0) is 52.2 Å². The maximum absolute atomic E-state index is 12.1. The number of amides is 1. The zero-order valence-corrected chi connectivity index (χ0v) is 16.8. The van der Waals surface area contributed by atoms with Gasteiger partial charge in [0, 0.05) is 19.2 Å². The summed E-state index contributed by atoms with van der Waals surface area (Å²) in [6, 6.07) is 1.63. The van der Waals surface area contributed by atoms with Crippen LogP contribution in [0.25, 0.3) is 0 Å². The van der Waals surface area contributed by atoms with Gasteiger partial charge >= 0.3 is 6.09 Å². The number of ether oxygens (including phenoxy) is 2. The van der Waals surface area contributed by atoms with Gasteiger partial charge in [0.1, 0.15) is 10.8 Å². The van der Waals surface area contributed by atoms with Crippen LogP contribution in [0, 0.1) is 5.92 Å². The van der Waals surface area contributed by atoms with Gasteiger partial charge in [-0.3, -0.25) is 0 Å². The molecule has 0 spiro atoms. The van der Waals surface area contributed by atoms with Crippen molar-refractivity contribution < 1.29 is 14.3 Å². The molecule has 1 fully saturated rings. The van der Waals surface area contributed by atoms with Crippen LogP contribution < -0.4 is 4.74 Å². The van der Waals surface area contributed by atoms with Crippen molar-refractivity contribution in [2.24, 2.45) is 5.92 Å². The summed E-state index contributed by atoms with van der Waals surface area (Å²) in [6.45, 7) is 7.70. The summed E-state index contributed by atoms with van der Waals surface area (Å²) in [5, 5.41) is 0.994. The molecule has 0 bridgehead atoms. The largest absolute Gasteiger partial charge is 0.478 e. The number of likely N-dealkylation sites (tertiary alicyclic amines) is 1. The maximum atomic E-state index is 12.1. The maximum Gasteiger partial charge on any atom is 0.410 e. The molecule has 0 saturated carbocycles. The fraction of sp³-hybridized carbons (Fsp3) is 0.706. The predicted molar refractivity (Wildman–Crippen MR) is 99.5 cm³/mol. The third-order valence-electron chi connectivity index (χ3n) is 3.88. The van der Waals surface area contributed by atoms with E-state index in [1.807, 2.05) is 27.0 Å². The molecule has 0 aliphatic carbocycles. The topological polar surface area (TPSA) is 64.5 Å². The number of carbonyl (C=O) groups is 1. The Hall–Kier alpha value is -1.21. The second-order valence-electron chi connectivity index (χ2n) is 7.06. The van der Waals surface area contributed by atoms with Crippen LogP contribution in [0.1, 0.15) is 40.0 Å². The fourth-order valence-electron chi connectivity index (χ4n) is 2.60. The van der Waals surface area contributed by atoms with E-state index >= 15 is 0 Å². The molecule has 1 aliphatic heterocycles. The Kier molecular flexibility index (Phi) is 7.19. The molecule has 1 saturated heterocycles. The molecule has 6 nitrogen and oxygen atoms in total. The lowest BCUT2D eigenvalue weighted by atomic mass is 9.94. The highest BCUT2D eigenvalue weighted by molar-refractivity contribution is 7.98. The van der Waals surface area contributed by atoms with E-state index in [4.69, 9.17) is 21.1 Å². The van der Waals surface area contributed by atoms with Gasteiger partial charge in [0.15, 0.2) is 5.16 Å². The summed E-state index contributed by atoms with van der Waals surface area (Å²) >= 11 is 7.38. The third kappa shape index (κ3) is 6.90. The highest BCUT2D eigenvalue weighted by atomic mass is 35.5. The lowest BCUT2D eigenvalue weighted by molar-refractivity contribution is 0.0177. The van der Waals surface area contributed by atoms with Gasteiger partial charge in [-0.2, -0.15) is 4.98 Å².